The van der Waals surface area contributed by atoms with Gasteiger partial charge in [-0.05, 0) is 12.1 Å². The highest BCUT2D eigenvalue weighted by Gasteiger charge is 1.99. The molecule has 0 radical (unpaired) electrons. The summed E-state index contributed by atoms with van der Waals surface area (Å²) in [6, 6.07) is 3.73. The van der Waals surface area contributed by atoms with E-state index < -0.39 is 0 Å². The van der Waals surface area contributed by atoms with Gasteiger partial charge in [0.25, 0.3) is 0 Å². The van der Waals surface area contributed by atoms with Gasteiger partial charge in [-0.3, -0.25) is 0 Å². The van der Waals surface area contributed by atoms with E-state index in [4.69, 9.17) is 0 Å². The van der Waals surface area contributed by atoms with E-state index in [9.17, 15) is 0 Å². The Balaban J connectivity index is 2.63. The molecule has 48 valence electrons. The van der Waals surface area contributed by atoms with Gasteiger partial charge in [0.1, 0.15) is 5.69 Å². The molecule has 1 aromatic heterocycles. The number of hydrogen-bond donors (Lipinski definition) is 1. The Labute approximate surface area is 58.1 Å². The molecule has 3 heteroatoms. The van der Waals surface area contributed by atoms with Crippen molar-refractivity contribution in [3.63, 3.8) is 0 Å². The molecule has 2 heterocycles. The summed E-state index contributed by atoms with van der Waals surface area (Å²) < 4.78 is 0. The zero-order valence-electron chi connectivity index (χ0n) is 5.20. The van der Waals surface area contributed by atoms with E-state index in [1.807, 2.05) is 12.1 Å². The van der Waals surface area contributed by atoms with Crippen molar-refractivity contribution < 1.29 is 0 Å². The van der Waals surface area contributed by atoms with Gasteiger partial charge in [0.2, 0.25) is 0 Å². The van der Waals surface area contributed by atoms with Crippen LogP contribution in [-0.4, -0.2) is 10.9 Å². The Morgan fingerprint density at radius 2 is 2.50 bits per heavy atom. The lowest BCUT2D eigenvalue weighted by atomic mass is 10.4. The second kappa shape index (κ2) is 1.97. The van der Waals surface area contributed by atoms with E-state index >= 15 is 0 Å². The topological polar surface area (TPSA) is 37.3 Å². The van der Waals surface area contributed by atoms with Gasteiger partial charge in [0.15, 0.2) is 5.82 Å². The van der Waals surface area contributed by atoms with Gasteiger partial charge < -0.3 is 5.32 Å². The summed E-state index contributed by atoms with van der Waals surface area (Å²) in [6.45, 7) is 0. The van der Waals surface area contributed by atoms with Crippen LogP contribution in [-0.2, 0) is 0 Å². The van der Waals surface area contributed by atoms with Crippen LogP contribution in [0, 0.1) is 0 Å². The molecule has 10 heavy (non-hydrogen) atoms. The van der Waals surface area contributed by atoms with Gasteiger partial charge in [0, 0.05) is 12.1 Å². The van der Waals surface area contributed by atoms with Crippen LogP contribution in [0.25, 0.3) is 0 Å². The monoisotopic (exact) mass is 131 g/mol. The van der Waals surface area contributed by atoms with E-state index in [0.29, 0.717) is 0 Å². The highest BCUT2D eigenvalue weighted by Crippen LogP contribution is 2.21. The SMILES string of the molecule is C1=CNc2ncccc2N=1. The highest BCUT2D eigenvalue weighted by molar-refractivity contribution is 5.74. The largest absolute Gasteiger partial charge is 0.337 e. The smallest absolute Gasteiger partial charge is 0.157 e. The Kier molecular flexibility index (Phi) is 1.03. The second-order valence-corrected chi connectivity index (χ2v) is 1.90. The lowest BCUT2D eigenvalue weighted by molar-refractivity contribution is 1.28. The van der Waals surface area contributed by atoms with E-state index in [0.717, 1.165) is 11.5 Å². The van der Waals surface area contributed by atoms with Gasteiger partial charge in [0.05, 0.1) is 6.20 Å². The van der Waals surface area contributed by atoms with Crippen LogP contribution in [0.1, 0.15) is 0 Å². The van der Waals surface area contributed by atoms with Gasteiger partial charge in [-0.1, -0.05) is 0 Å². The molecular weight excluding hydrogens is 126 g/mol. The molecule has 3 nitrogen and oxygen atoms in total. The Bertz CT molecular complexity index is 310. The molecule has 1 aromatic rings. The van der Waals surface area contributed by atoms with Crippen LogP contribution in [0.5, 0.6) is 0 Å². The molecule has 0 saturated carbocycles. The zero-order valence-corrected chi connectivity index (χ0v) is 5.20. The number of fused-ring (bicyclic) bond motifs is 1. The van der Waals surface area contributed by atoms with E-state index in [1.165, 1.54) is 0 Å². The van der Waals surface area contributed by atoms with Crippen molar-refractivity contribution in [2.45, 2.75) is 0 Å². The normalized spacial score (nSPS) is 12.4. The molecule has 0 fully saturated rings. The molecule has 0 bridgehead atoms. The fourth-order valence-electron chi connectivity index (χ4n) is 0.801. The summed E-state index contributed by atoms with van der Waals surface area (Å²) in [5.41, 5.74) is 0.838. The van der Waals surface area contributed by atoms with Crippen molar-refractivity contribution in [2.24, 2.45) is 4.99 Å². The van der Waals surface area contributed by atoms with E-state index in [2.05, 4.69) is 21.2 Å². The lowest BCUT2D eigenvalue weighted by Crippen LogP contribution is -1.93. The van der Waals surface area contributed by atoms with Crippen LogP contribution in [0.2, 0.25) is 0 Å². The van der Waals surface area contributed by atoms with Crippen molar-refractivity contribution in [2.75, 3.05) is 5.32 Å². The fourth-order valence-corrected chi connectivity index (χ4v) is 0.801. The van der Waals surface area contributed by atoms with Crippen LogP contribution < -0.4 is 5.32 Å². The van der Waals surface area contributed by atoms with Gasteiger partial charge in [-0.2, -0.15) is 0 Å². The summed E-state index contributed by atoms with van der Waals surface area (Å²) in [5, 5.41) is 2.92. The number of pyridine rings is 1. The van der Waals surface area contributed by atoms with Crippen molar-refractivity contribution in [1.82, 2.24) is 4.98 Å². The first-order valence-electron chi connectivity index (χ1n) is 2.96. The number of nitrogens with zero attached hydrogens (tertiary/aromatic N) is 2. The summed E-state index contributed by atoms with van der Waals surface area (Å²) in [4.78, 5) is 8.01. The fraction of sp³-hybridized carbons (Fsp3) is 0. The summed E-state index contributed by atoms with van der Waals surface area (Å²) >= 11 is 0. The number of aromatic nitrogens is 1. The number of anilines is 1. The average Bonchev–Trinajstić information content (AvgIpc) is 2.05. The number of rotatable bonds is 0. The van der Waals surface area contributed by atoms with E-state index in [-0.39, 0.29) is 0 Å². The van der Waals surface area contributed by atoms with Crippen LogP contribution in [0.4, 0.5) is 11.5 Å². The lowest BCUT2D eigenvalue weighted by Gasteiger charge is -2.03. The molecule has 1 N–H and O–H groups in total. The zero-order chi connectivity index (χ0) is 6.81. The molecule has 0 spiro atoms. The minimum absolute atomic E-state index is 0.793. The molecule has 1 aliphatic heterocycles. The standard InChI is InChI=1S/C7H5N3/c1-2-6-7(9-3-1)10-5-4-8-6/h1-3,5H,(H,9,10). The second-order valence-electron chi connectivity index (χ2n) is 1.90. The van der Waals surface area contributed by atoms with Gasteiger partial charge in [-0.25, -0.2) is 9.98 Å². The highest BCUT2D eigenvalue weighted by atomic mass is 15.0. The minimum Gasteiger partial charge on any atom is -0.337 e. The van der Waals surface area contributed by atoms with Crippen molar-refractivity contribution >= 4 is 17.4 Å². The molecule has 0 aromatic carbocycles. The summed E-state index contributed by atoms with van der Waals surface area (Å²) in [7, 11) is 0. The van der Waals surface area contributed by atoms with Crippen molar-refractivity contribution in [3.8, 4) is 0 Å². The third kappa shape index (κ3) is 0.694. The third-order valence-corrected chi connectivity index (χ3v) is 1.24. The minimum atomic E-state index is 0.793. The molecule has 1 aliphatic rings. The van der Waals surface area contributed by atoms with Crippen molar-refractivity contribution in [1.29, 1.82) is 0 Å². The first-order chi connectivity index (χ1) is 4.97. The maximum atomic E-state index is 4.04. The Morgan fingerprint density at radius 3 is 3.40 bits per heavy atom. The predicted octanol–water partition coefficient (Wildman–Crippen LogP) is 1.32. The molecule has 0 aliphatic carbocycles. The molecule has 0 saturated heterocycles. The molecular formula is C7H5N3. The molecule has 0 atom stereocenters. The van der Waals surface area contributed by atoms with Crippen molar-refractivity contribution in [3.05, 3.63) is 24.5 Å². The number of nitrogens with one attached hydrogen (secondary N) is 1. The first-order valence-corrected chi connectivity index (χ1v) is 2.96. The number of aliphatic imine (C=N–C) groups is 1. The molecule has 0 amide bonds. The molecule has 2 rings (SSSR count). The quantitative estimate of drug-likeness (QED) is 0.576. The van der Waals surface area contributed by atoms with Crippen LogP contribution >= 0.6 is 0 Å². The maximum absolute atomic E-state index is 4.04. The molecule has 0 unspecified atom stereocenters. The number of hydrogen-bond acceptors (Lipinski definition) is 3. The predicted molar refractivity (Wildman–Crippen MR) is 39.5 cm³/mol. The van der Waals surface area contributed by atoms with Crippen LogP contribution in [0.3, 0.4) is 0 Å². The Hall–Kier alpha value is -1.60. The first kappa shape index (κ1) is 5.21. The third-order valence-electron chi connectivity index (χ3n) is 1.24. The summed E-state index contributed by atoms with van der Waals surface area (Å²) in [6.07, 6.45) is 3.36. The van der Waals surface area contributed by atoms with Gasteiger partial charge >= 0.3 is 0 Å². The van der Waals surface area contributed by atoms with Crippen LogP contribution in [0.15, 0.2) is 29.5 Å². The average molecular weight is 131 g/mol. The van der Waals surface area contributed by atoms with E-state index in [1.54, 1.807) is 12.4 Å². The Morgan fingerprint density at radius 1 is 1.50 bits per heavy atom. The van der Waals surface area contributed by atoms with Gasteiger partial charge in [-0.15, -0.1) is 0 Å². The summed E-state index contributed by atoms with van der Waals surface area (Å²) in [5.74, 6) is 3.48. The maximum Gasteiger partial charge on any atom is 0.157 e.